The Morgan fingerprint density at radius 3 is 2.54 bits per heavy atom. The normalized spacial score (nSPS) is 11.8. The van der Waals surface area contributed by atoms with Gasteiger partial charge in [0.25, 0.3) is 11.8 Å². The second kappa shape index (κ2) is 7.58. The number of anilines is 1. The SMILES string of the molecule is Cc1cc(NC(=O)c2ccco2)sc1C(=O)N(C)C(C)c1ccccc1. The van der Waals surface area contributed by atoms with Crippen LogP contribution in [0.1, 0.15) is 44.3 Å². The largest absolute Gasteiger partial charge is 0.459 e. The lowest BCUT2D eigenvalue weighted by molar-refractivity contribution is 0.0746. The Bertz CT molecular complexity index is 901. The lowest BCUT2D eigenvalue weighted by Gasteiger charge is -2.25. The number of hydrogen-bond acceptors (Lipinski definition) is 4. The Hall–Kier alpha value is -2.86. The van der Waals surface area contributed by atoms with Crippen molar-refractivity contribution in [2.45, 2.75) is 19.9 Å². The molecule has 1 atom stereocenters. The van der Waals surface area contributed by atoms with Crippen LogP contribution < -0.4 is 5.32 Å². The van der Waals surface area contributed by atoms with E-state index in [-0.39, 0.29) is 23.6 Å². The highest BCUT2D eigenvalue weighted by molar-refractivity contribution is 7.18. The Morgan fingerprint density at radius 2 is 1.88 bits per heavy atom. The van der Waals surface area contributed by atoms with Crippen molar-refractivity contribution in [3.8, 4) is 0 Å². The number of carbonyl (C=O) groups is 2. The number of aryl methyl sites for hydroxylation is 1. The zero-order valence-electron chi connectivity index (χ0n) is 14.9. The summed E-state index contributed by atoms with van der Waals surface area (Å²) < 4.78 is 5.09. The number of furan rings is 1. The van der Waals surface area contributed by atoms with Crippen LogP contribution in [0.4, 0.5) is 5.00 Å². The highest BCUT2D eigenvalue weighted by atomic mass is 32.1. The van der Waals surface area contributed by atoms with Gasteiger partial charge >= 0.3 is 0 Å². The molecule has 0 bridgehead atoms. The quantitative estimate of drug-likeness (QED) is 0.708. The van der Waals surface area contributed by atoms with E-state index in [1.54, 1.807) is 30.1 Å². The summed E-state index contributed by atoms with van der Waals surface area (Å²) in [5.41, 5.74) is 1.91. The Kier molecular flexibility index (Phi) is 5.23. The highest BCUT2D eigenvalue weighted by Gasteiger charge is 2.23. The molecule has 0 fully saturated rings. The average molecular weight is 368 g/mol. The minimum absolute atomic E-state index is 0.0497. The van der Waals surface area contributed by atoms with Crippen LogP contribution in [0.15, 0.2) is 59.2 Å². The number of hydrogen-bond donors (Lipinski definition) is 1. The minimum Gasteiger partial charge on any atom is -0.459 e. The van der Waals surface area contributed by atoms with Crippen molar-refractivity contribution in [1.82, 2.24) is 4.90 Å². The van der Waals surface area contributed by atoms with Crippen molar-refractivity contribution in [2.24, 2.45) is 0 Å². The molecule has 0 saturated carbocycles. The third-order valence-electron chi connectivity index (χ3n) is 4.28. The molecule has 0 spiro atoms. The number of nitrogens with zero attached hydrogens (tertiary/aromatic N) is 1. The van der Waals surface area contributed by atoms with E-state index in [0.29, 0.717) is 9.88 Å². The molecule has 2 amide bonds. The molecule has 134 valence electrons. The first-order valence-electron chi connectivity index (χ1n) is 8.24. The van der Waals surface area contributed by atoms with Crippen LogP contribution in [0.2, 0.25) is 0 Å². The standard InChI is InChI=1S/C20H20N2O3S/c1-13-12-17(21-19(23)16-10-7-11-25-16)26-18(13)20(24)22(3)14(2)15-8-5-4-6-9-15/h4-12,14H,1-3H3,(H,21,23). The number of nitrogens with one attached hydrogen (secondary N) is 1. The van der Waals surface area contributed by atoms with Crippen molar-refractivity contribution in [2.75, 3.05) is 12.4 Å². The molecular formula is C20H20N2O3S. The van der Waals surface area contributed by atoms with E-state index in [0.717, 1.165) is 11.1 Å². The van der Waals surface area contributed by atoms with Crippen molar-refractivity contribution in [3.63, 3.8) is 0 Å². The Morgan fingerprint density at radius 1 is 1.15 bits per heavy atom. The van der Waals surface area contributed by atoms with Gasteiger partial charge in [0.15, 0.2) is 5.76 Å². The van der Waals surface area contributed by atoms with Crippen LogP contribution in [-0.2, 0) is 0 Å². The first-order chi connectivity index (χ1) is 12.5. The van der Waals surface area contributed by atoms with Crippen LogP contribution >= 0.6 is 11.3 Å². The molecule has 0 radical (unpaired) electrons. The van der Waals surface area contributed by atoms with Crippen LogP contribution in [0.5, 0.6) is 0 Å². The fourth-order valence-electron chi connectivity index (χ4n) is 2.63. The summed E-state index contributed by atoms with van der Waals surface area (Å²) in [6, 6.07) is 14.9. The van der Waals surface area contributed by atoms with E-state index in [2.05, 4.69) is 5.32 Å². The summed E-state index contributed by atoms with van der Waals surface area (Å²) in [4.78, 5) is 27.3. The van der Waals surface area contributed by atoms with Crippen molar-refractivity contribution in [3.05, 3.63) is 76.6 Å². The maximum atomic E-state index is 12.9. The van der Waals surface area contributed by atoms with Crippen molar-refractivity contribution in [1.29, 1.82) is 0 Å². The van der Waals surface area contributed by atoms with Gasteiger partial charge in [-0.25, -0.2) is 0 Å². The van der Waals surface area contributed by atoms with Gasteiger partial charge < -0.3 is 14.6 Å². The maximum absolute atomic E-state index is 12.9. The molecule has 5 nitrogen and oxygen atoms in total. The highest BCUT2D eigenvalue weighted by Crippen LogP contribution is 2.30. The Balaban J connectivity index is 1.75. The van der Waals surface area contributed by atoms with E-state index < -0.39 is 0 Å². The molecule has 2 heterocycles. The summed E-state index contributed by atoms with van der Waals surface area (Å²) in [6.45, 7) is 3.86. The van der Waals surface area contributed by atoms with Crippen molar-refractivity contribution < 1.29 is 14.0 Å². The third kappa shape index (κ3) is 3.70. The zero-order valence-corrected chi connectivity index (χ0v) is 15.7. The van der Waals surface area contributed by atoms with Crippen LogP contribution in [0.25, 0.3) is 0 Å². The second-order valence-corrected chi connectivity index (χ2v) is 7.11. The van der Waals surface area contributed by atoms with E-state index in [9.17, 15) is 9.59 Å². The molecule has 1 aromatic carbocycles. The summed E-state index contributed by atoms with van der Waals surface area (Å²) >= 11 is 1.27. The molecule has 6 heteroatoms. The lowest BCUT2D eigenvalue weighted by Crippen LogP contribution is -2.29. The third-order valence-corrected chi connectivity index (χ3v) is 5.42. The molecule has 26 heavy (non-hydrogen) atoms. The predicted octanol–water partition coefficient (Wildman–Crippen LogP) is 4.74. The molecule has 1 unspecified atom stereocenters. The molecule has 0 aliphatic heterocycles. The summed E-state index contributed by atoms with van der Waals surface area (Å²) in [5.74, 6) is -0.164. The summed E-state index contributed by atoms with van der Waals surface area (Å²) in [5, 5.41) is 3.39. The monoisotopic (exact) mass is 368 g/mol. The molecule has 3 aromatic rings. The molecule has 0 aliphatic rings. The van der Waals surface area contributed by atoms with Gasteiger partial charge in [0.1, 0.15) is 0 Å². The lowest BCUT2D eigenvalue weighted by atomic mass is 10.1. The number of benzene rings is 1. The average Bonchev–Trinajstić information content (AvgIpc) is 3.30. The van der Waals surface area contributed by atoms with Gasteiger partial charge in [0.05, 0.1) is 22.2 Å². The van der Waals surface area contributed by atoms with Gasteiger partial charge in [-0.2, -0.15) is 0 Å². The van der Waals surface area contributed by atoms with Gasteiger partial charge in [-0.05, 0) is 43.2 Å². The molecule has 1 N–H and O–H groups in total. The molecular weight excluding hydrogens is 348 g/mol. The van der Waals surface area contributed by atoms with Gasteiger partial charge in [0.2, 0.25) is 0 Å². The first-order valence-corrected chi connectivity index (χ1v) is 9.06. The molecule has 0 aliphatic carbocycles. The maximum Gasteiger partial charge on any atom is 0.291 e. The minimum atomic E-state index is -0.332. The summed E-state index contributed by atoms with van der Waals surface area (Å²) in [6.07, 6.45) is 1.45. The number of amides is 2. The predicted molar refractivity (Wildman–Crippen MR) is 103 cm³/mol. The molecule has 0 saturated heterocycles. The first kappa shape index (κ1) is 17.9. The second-order valence-electron chi connectivity index (χ2n) is 6.06. The van der Waals surface area contributed by atoms with Gasteiger partial charge in [0, 0.05) is 7.05 Å². The van der Waals surface area contributed by atoms with E-state index in [1.807, 2.05) is 44.2 Å². The van der Waals surface area contributed by atoms with Gasteiger partial charge in [-0.15, -0.1) is 11.3 Å². The number of thiophene rings is 1. The van der Waals surface area contributed by atoms with E-state index in [1.165, 1.54) is 17.6 Å². The van der Waals surface area contributed by atoms with Crippen LogP contribution in [0.3, 0.4) is 0 Å². The fourth-order valence-corrected chi connectivity index (χ4v) is 3.68. The smallest absolute Gasteiger partial charge is 0.291 e. The fraction of sp³-hybridized carbons (Fsp3) is 0.200. The molecule has 2 aromatic heterocycles. The van der Waals surface area contributed by atoms with E-state index in [4.69, 9.17) is 4.42 Å². The summed E-state index contributed by atoms with van der Waals surface area (Å²) in [7, 11) is 1.79. The number of carbonyl (C=O) groups excluding carboxylic acids is 2. The van der Waals surface area contributed by atoms with Crippen LogP contribution in [-0.4, -0.2) is 23.8 Å². The molecule has 3 rings (SSSR count). The van der Waals surface area contributed by atoms with Gasteiger partial charge in [-0.3, -0.25) is 9.59 Å². The van der Waals surface area contributed by atoms with Gasteiger partial charge in [-0.1, -0.05) is 30.3 Å². The van der Waals surface area contributed by atoms with Crippen LogP contribution in [0, 0.1) is 6.92 Å². The topological polar surface area (TPSA) is 62.6 Å². The zero-order chi connectivity index (χ0) is 18.7. The van der Waals surface area contributed by atoms with E-state index >= 15 is 0 Å². The van der Waals surface area contributed by atoms with Crippen molar-refractivity contribution >= 4 is 28.2 Å². The number of rotatable bonds is 5. The Labute approximate surface area is 156 Å².